The first-order valence-corrected chi connectivity index (χ1v) is 13.8. The van der Waals surface area contributed by atoms with E-state index in [0.717, 1.165) is 17.7 Å². The number of likely N-dealkylation sites (tertiary alicyclic amines) is 1. The molecule has 2 saturated heterocycles. The highest BCUT2D eigenvalue weighted by Crippen LogP contribution is 2.32. The molecule has 0 aromatic heterocycles. The van der Waals surface area contributed by atoms with Gasteiger partial charge in [0, 0.05) is 32.2 Å². The van der Waals surface area contributed by atoms with Crippen molar-refractivity contribution in [1.29, 1.82) is 0 Å². The van der Waals surface area contributed by atoms with Crippen LogP contribution in [0.15, 0.2) is 48.5 Å². The van der Waals surface area contributed by atoms with E-state index >= 15 is 0 Å². The highest BCUT2D eigenvalue weighted by molar-refractivity contribution is 5.92. The third kappa shape index (κ3) is 6.95. The molecule has 2 aliphatic heterocycles. The Morgan fingerprint density at radius 2 is 1.83 bits per heavy atom. The average molecular weight is 573 g/mol. The number of nitrogens with zero attached hydrogens (tertiary/aromatic N) is 2. The molecule has 4 rings (SSSR count). The molecule has 0 unspecified atom stereocenters. The van der Waals surface area contributed by atoms with Gasteiger partial charge in [-0.25, -0.2) is 13.6 Å². The molecule has 2 aliphatic rings. The number of carbonyl (C=O) groups is 3. The molecule has 41 heavy (non-hydrogen) atoms. The summed E-state index contributed by atoms with van der Waals surface area (Å²) < 4.78 is 38.5. The van der Waals surface area contributed by atoms with Crippen LogP contribution in [-0.4, -0.2) is 78.1 Å². The van der Waals surface area contributed by atoms with E-state index in [1.165, 1.54) is 18.0 Å². The lowest BCUT2D eigenvalue weighted by atomic mass is 9.85. The Bertz CT molecular complexity index is 1260. The number of rotatable bonds is 8. The van der Waals surface area contributed by atoms with E-state index in [4.69, 9.17) is 9.47 Å². The maximum Gasteiger partial charge on any atom is 0.410 e. The number of ether oxygens (including phenoxy) is 2. The quantitative estimate of drug-likeness (QED) is 0.503. The summed E-state index contributed by atoms with van der Waals surface area (Å²) in [6, 6.07) is 10.4. The van der Waals surface area contributed by atoms with Gasteiger partial charge in [-0.1, -0.05) is 51.1 Å². The van der Waals surface area contributed by atoms with Gasteiger partial charge in [0.2, 0.25) is 11.8 Å². The standard InChI is InChI=1S/C30H38F2N4O5/c1-18(35(5)29(39)40-17-19-9-7-6-8-10-19)27(37)34-26(30(2,3)4)28(38)36-14-13-23-25(36)24(16-33-23)41-20-11-12-21(31)22(32)15-20/h6-12,15,18,23-26,33H,13-14,16-17H2,1-5H3,(H,34,37)/t18-,23+,24-,25-,26+/m0/s1. The molecule has 0 radical (unpaired) electrons. The van der Waals surface area contributed by atoms with Gasteiger partial charge < -0.3 is 25.0 Å². The number of hydrogen-bond donors (Lipinski definition) is 2. The van der Waals surface area contributed by atoms with Crippen LogP contribution in [0.4, 0.5) is 13.6 Å². The minimum Gasteiger partial charge on any atom is -0.487 e. The Balaban J connectivity index is 1.42. The van der Waals surface area contributed by atoms with Crippen molar-refractivity contribution in [3.8, 4) is 5.75 Å². The average Bonchev–Trinajstić information content (AvgIpc) is 3.54. The summed E-state index contributed by atoms with van der Waals surface area (Å²) >= 11 is 0. The zero-order chi connectivity index (χ0) is 29.9. The van der Waals surface area contributed by atoms with Crippen molar-refractivity contribution in [2.24, 2.45) is 5.41 Å². The van der Waals surface area contributed by atoms with E-state index in [1.807, 2.05) is 51.1 Å². The highest BCUT2D eigenvalue weighted by atomic mass is 19.2. The van der Waals surface area contributed by atoms with Crippen molar-refractivity contribution in [3.05, 3.63) is 65.7 Å². The number of nitrogens with one attached hydrogen (secondary N) is 2. The molecule has 2 N–H and O–H groups in total. The van der Waals surface area contributed by atoms with Crippen LogP contribution < -0.4 is 15.4 Å². The molecule has 222 valence electrons. The molecular formula is C30H38F2N4O5. The van der Waals surface area contributed by atoms with E-state index in [0.29, 0.717) is 19.5 Å². The Labute approximate surface area is 239 Å². The predicted octanol–water partition coefficient (Wildman–Crippen LogP) is 3.47. The number of benzene rings is 2. The zero-order valence-electron chi connectivity index (χ0n) is 24.0. The molecule has 2 heterocycles. The van der Waals surface area contributed by atoms with Gasteiger partial charge >= 0.3 is 6.09 Å². The van der Waals surface area contributed by atoms with Gasteiger partial charge in [-0.3, -0.25) is 14.5 Å². The maximum absolute atomic E-state index is 14.0. The Hall–Kier alpha value is -3.73. The fraction of sp³-hybridized carbons (Fsp3) is 0.500. The topological polar surface area (TPSA) is 100 Å². The lowest BCUT2D eigenvalue weighted by Gasteiger charge is -2.37. The van der Waals surface area contributed by atoms with Crippen molar-refractivity contribution in [3.63, 3.8) is 0 Å². The number of amides is 3. The lowest BCUT2D eigenvalue weighted by Crippen LogP contribution is -2.60. The van der Waals surface area contributed by atoms with Crippen LogP contribution in [-0.2, 0) is 20.9 Å². The molecule has 9 nitrogen and oxygen atoms in total. The third-order valence-electron chi connectivity index (χ3n) is 7.73. The Kier molecular flexibility index (Phi) is 9.16. The van der Waals surface area contributed by atoms with Gasteiger partial charge in [-0.2, -0.15) is 0 Å². The fourth-order valence-corrected chi connectivity index (χ4v) is 5.21. The first-order chi connectivity index (χ1) is 19.4. The van der Waals surface area contributed by atoms with Crippen LogP contribution in [0, 0.1) is 17.0 Å². The number of fused-ring (bicyclic) bond motifs is 1. The molecule has 5 atom stereocenters. The van der Waals surface area contributed by atoms with E-state index < -0.39 is 47.2 Å². The van der Waals surface area contributed by atoms with Crippen molar-refractivity contribution in [2.45, 2.75) is 71.0 Å². The van der Waals surface area contributed by atoms with E-state index in [1.54, 1.807) is 11.8 Å². The van der Waals surface area contributed by atoms with Gasteiger partial charge in [0.1, 0.15) is 30.5 Å². The first-order valence-electron chi connectivity index (χ1n) is 13.8. The van der Waals surface area contributed by atoms with Crippen molar-refractivity contribution in [1.82, 2.24) is 20.4 Å². The first kappa shape index (κ1) is 30.2. The minimum atomic E-state index is -1.01. The second kappa shape index (κ2) is 12.4. The maximum atomic E-state index is 14.0. The normalized spacial score (nSPS) is 21.5. The molecule has 11 heteroatoms. The summed E-state index contributed by atoms with van der Waals surface area (Å²) in [6.07, 6.45) is -0.463. The monoisotopic (exact) mass is 572 g/mol. The van der Waals surface area contributed by atoms with E-state index in [2.05, 4.69) is 10.6 Å². The van der Waals surface area contributed by atoms with E-state index in [9.17, 15) is 23.2 Å². The highest BCUT2D eigenvalue weighted by Gasteiger charge is 2.50. The second-order valence-electron chi connectivity index (χ2n) is 11.7. The third-order valence-corrected chi connectivity index (χ3v) is 7.73. The largest absolute Gasteiger partial charge is 0.487 e. The van der Waals surface area contributed by atoms with Crippen LogP contribution in [0.5, 0.6) is 5.75 Å². The Morgan fingerprint density at radius 3 is 2.49 bits per heavy atom. The van der Waals surface area contributed by atoms with Crippen LogP contribution in [0.3, 0.4) is 0 Å². The molecule has 2 aromatic rings. The van der Waals surface area contributed by atoms with Gasteiger partial charge in [0.05, 0.1) is 6.04 Å². The molecule has 0 saturated carbocycles. The molecule has 0 aliphatic carbocycles. The molecule has 3 amide bonds. The van der Waals surface area contributed by atoms with Crippen LogP contribution in [0.1, 0.15) is 39.7 Å². The van der Waals surface area contributed by atoms with Gasteiger partial charge in [-0.15, -0.1) is 0 Å². The smallest absolute Gasteiger partial charge is 0.410 e. The summed E-state index contributed by atoms with van der Waals surface area (Å²) in [5.41, 5.74) is 0.168. The van der Waals surface area contributed by atoms with Crippen molar-refractivity contribution in [2.75, 3.05) is 20.1 Å². The zero-order valence-corrected chi connectivity index (χ0v) is 24.0. The fourth-order valence-electron chi connectivity index (χ4n) is 5.21. The van der Waals surface area contributed by atoms with Gasteiger partial charge in [0.15, 0.2) is 11.6 Å². The van der Waals surface area contributed by atoms with Gasteiger partial charge in [-0.05, 0) is 36.5 Å². The molecular weight excluding hydrogens is 534 g/mol. The number of likely N-dealkylation sites (N-methyl/N-ethyl adjacent to an activating group) is 1. The van der Waals surface area contributed by atoms with E-state index in [-0.39, 0.29) is 30.3 Å². The summed E-state index contributed by atoms with van der Waals surface area (Å²) in [4.78, 5) is 42.8. The number of hydrogen-bond acceptors (Lipinski definition) is 6. The molecule has 0 spiro atoms. The lowest BCUT2D eigenvalue weighted by molar-refractivity contribution is -0.142. The summed E-state index contributed by atoms with van der Waals surface area (Å²) in [5.74, 6) is -2.57. The van der Waals surface area contributed by atoms with Crippen LogP contribution >= 0.6 is 0 Å². The summed E-state index contributed by atoms with van der Waals surface area (Å²) in [6.45, 7) is 8.08. The number of carbonyl (C=O) groups excluding carboxylic acids is 3. The molecule has 0 bridgehead atoms. The van der Waals surface area contributed by atoms with Gasteiger partial charge in [0.25, 0.3) is 0 Å². The predicted molar refractivity (Wildman–Crippen MR) is 148 cm³/mol. The van der Waals surface area contributed by atoms with Crippen molar-refractivity contribution < 1.29 is 32.6 Å². The molecule has 2 fully saturated rings. The van der Waals surface area contributed by atoms with Crippen molar-refractivity contribution >= 4 is 17.9 Å². The minimum absolute atomic E-state index is 0.0324. The van der Waals surface area contributed by atoms with Crippen LogP contribution in [0.2, 0.25) is 0 Å². The Morgan fingerprint density at radius 1 is 1.12 bits per heavy atom. The second-order valence-corrected chi connectivity index (χ2v) is 11.7. The summed E-state index contributed by atoms with van der Waals surface area (Å²) in [7, 11) is 1.47. The van der Waals surface area contributed by atoms with Crippen LogP contribution in [0.25, 0.3) is 0 Å². The summed E-state index contributed by atoms with van der Waals surface area (Å²) in [5, 5.41) is 6.22. The number of halogens is 2. The SMILES string of the molecule is C[C@@H](C(=O)N[C@H](C(=O)N1CC[C@H]2NC[C@H](Oc3ccc(F)c(F)c3)[C@H]21)C(C)(C)C)N(C)C(=O)OCc1ccccc1. The molecule has 2 aromatic carbocycles.